The highest BCUT2D eigenvalue weighted by Crippen LogP contribution is 2.13. The van der Waals surface area contributed by atoms with Gasteiger partial charge in [0, 0.05) is 30.8 Å². The summed E-state index contributed by atoms with van der Waals surface area (Å²) in [4.78, 5) is 38.4. The molecule has 0 aromatic rings. The molecule has 0 aromatic carbocycles. The highest BCUT2D eigenvalue weighted by atomic mass is 32.2. The SMILES string of the molecule is [N-]=[N+]=NCCOCCOCCOCCNC(=O)CCC(NC(=O)CCCCCCCCCCCCCCCS(=O)(=O)O)C(=O)O. The van der Waals surface area contributed by atoms with Crippen LogP contribution in [-0.4, -0.2) is 100 Å². The smallest absolute Gasteiger partial charge is 0.326 e. The van der Waals surface area contributed by atoms with E-state index in [4.69, 9.17) is 24.3 Å². The number of carbonyl (C=O) groups excluding carboxylic acids is 2. The Labute approximate surface area is 267 Å². The van der Waals surface area contributed by atoms with E-state index in [2.05, 4.69) is 20.7 Å². The summed E-state index contributed by atoms with van der Waals surface area (Å²) in [7, 11) is -3.83. The van der Waals surface area contributed by atoms with Gasteiger partial charge in [0.05, 0.1) is 45.4 Å². The topological polar surface area (TPSA) is 226 Å². The molecule has 0 saturated carbocycles. The van der Waals surface area contributed by atoms with Gasteiger partial charge < -0.3 is 30.0 Å². The van der Waals surface area contributed by atoms with Crippen LogP contribution in [0, 0.1) is 0 Å². The second kappa shape index (κ2) is 30.2. The van der Waals surface area contributed by atoms with E-state index in [0.29, 0.717) is 45.9 Å². The molecule has 15 nitrogen and oxygen atoms in total. The summed E-state index contributed by atoms with van der Waals surface area (Å²) in [5, 5.41) is 18.0. The molecule has 0 bridgehead atoms. The van der Waals surface area contributed by atoms with E-state index in [0.717, 1.165) is 57.8 Å². The van der Waals surface area contributed by atoms with Gasteiger partial charge in [-0.05, 0) is 24.8 Å². The third kappa shape index (κ3) is 32.7. The van der Waals surface area contributed by atoms with Gasteiger partial charge in [-0.1, -0.05) is 75.7 Å². The van der Waals surface area contributed by atoms with Gasteiger partial charge in [-0.2, -0.15) is 8.42 Å². The van der Waals surface area contributed by atoms with E-state index in [1.54, 1.807) is 0 Å². The second-order valence-corrected chi connectivity index (χ2v) is 12.3. The minimum atomic E-state index is -3.83. The highest BCUT2D eigenvalue weighted by molar-refractivity contribution is 7.85. The van der Waals surface area contributed by atoms with Crippen molar-refractivity contribution < 1.29 is 46.7 Å². The summed E-state index contributed by atoms with van der Waals surface area (Å²) in [6, 6.07) is -1.11. The number of hydrogen-bond donors (Lipinski definition) is 4. The van der Waals surface area contributed by atoms with Crippen LogP contribution in [0.3, 0.4) is 0 Å². The number of hydrogen-bond acceptors (Lipinski definition) is 9. The van der Waals surface area contributed by atoms with Crippen molar-refractivity contribution in [2.45, 2.75) is 109 Å². The lowest BCUT2D eigenvalue weighted by molar-refractivity contribution is -0.142. The maximum absolute atomic E-state index is 12.2. The number of nitrogens with one attached hydrogen (secondary N) is 2. The van der Waals surface area contributed by atoms with Crippen LogP contribution in [0.4, 0.5) is 0 Å². The van der Waals surface area contributed by atoms with E-state index in [-0.39, 0.29) is 56.5 Å². The minimum Gasteiger partial charge on any atom is -0.480 e. The molecule has 1 unspecified atom stereocenters. The summed E-state index contributed by atoms with van der Waals surface area (Å²) in [5.41, 5.74) is 8.14. The zero-order chi connectivity index (χ0) is 33.4. The first-order valence-corrected chi connectivity index (χ1v) is 17.7. The fourth-order valence-electron chi connectivity index (χ4n) is 4.36. The average molecular weight is 666 g/mol. The Hall–Kier alpha value is -2.49. The maximum Gasteiger partial charge on any atom is 0.326 e. The predicted octanol–water partition coefficient (Wildman–Crippen LogP) is 4.16. The van der Waals surface area contributed by atoms with Crippen LogP contribution >= 0.6 is 0 Å². The fraction of sp³-hybridized carbons (Fsp3) is 0.897. The Morgan fingerprint density at radius 1 is 0.711 bits per heavy atom. The van der Waals surface area contributed by atoms with Crippen molar-refractivity contribution in [2.24, 2.45) is 5.11 Å². The average Bonchev–Trinajstić information content (AvgIpc) is 2.98. The molecule has 4 N–H and O–H groups in total. The van der Waals surface area contributed by atoms with Crippen LogP contribution in [0.2, 0.25) is 0 Å². The van der Waals surface area contributed by atoms with Gasteiger partial charge in [0.15, 0.2) is 0 Å². The number of ether oxygens (including phenoxy) is 3. The van der Waals surface area contributed by atoms with Gasteiger partial charge in [-0.25, -0.2) is 4.79 Å². The number of azide groups is 1. The maximum atomic E-state index is 12.2. The summed E-state index contributed by atoms with van der Waals surface area (Å²) >= 11 is 0. The van der Waals surface area contributed by atoms with E-state index < -0.39 is 22.1 Å². The monoisotopic (exact) mass is 665 g/mol. The third-order valence-corrected chi connectivity index (χ3v) is 7.62. The molecule has 2 amide bonds. The molecule has 0 fully saturated rings. The normalized spacial score (nSPS) is 11.9. The molecule has 16 heteroatoms. The summed E-state index contributed by atoms with van der Waals surface area (Å²) in [6.45, 7) is 2.64. The number of unbranched alkanes of at least 4 members (excludes halogenated alkanes) is 12. The molecule has 0 heterocycles. The Bertz CT molecular complexity index is 932. The first-order chi connectivity index (χ1) is 21.7. The number of carbonyl (C=O) groups is 3. The molecular weight excluding hydrogens is 610 g/mol. The minimum absolute atomic E-state index is 0.000574. The van der Waals surface area contributed by atoms with E-state index >= 15 is 0 Å². The molecule has 45 heavy (non-hydrogen) atoms. The zero-order valence-electron chi connectivity index (χ0n) is 26.7. The van der Waals surface area contributed by atoms with Crippen molar-refractivity contribution in [1.29, 1.82) is 0 Å². The van der Waals surface area contributed by atoms with Crippen molar-refractivity contribution in [3.63, 3.8) is 0 Å². The van der Waals surface area contributed by atoms with Crippen LogP contribution < -0.4 is 10.6 Å². The van der Waals surface area contributed by atoms with Gasteiger partial charge in [0.25, 0.3) is 10.1 Å². The van der Waals surface area contributed by atoms with Crippen LogP contribution in [0.5, 0.6) is 0 Å². The van der Waals surface area contributed by atoms with E-state index in [1.807, 2.05) is 0 Å². The molecular formula is C29H55N5O10S. The Balaban J connectivity index is 3.66. The van der Waals surface area contributed by atoms with Crippen molar-refractivity contribution in [3.8, 4) is 0 Å². The van der Waals surface area contributed by atoms with Crippen LogP contribution in [-0.2, 0) is 38.7 Å². The lowest BCUT2D eigenvalue weighted by Gasteiger charge is -2.14. The molecule has 0 radical (unpaired) electrons. The first kappa shape index (κ1) is 42.5. The number of rotatable bonds is 33. The summed E-state index contributed by atoms with van der Waals surface area (Å²) < 4.78 is 45.9. The van der Waals surface area contributed by atoms with E-state index in [9.17, 15) is 27.9 Å². The Morgan fingerprint density at radius 2 is 1.20 bits per heavy atom. The van der Waals surface area contributed by atoms with Gasteiger partial charge in [-0.3, -0.25) is 14.1 Å². The number of carboxylic acid groups (broad SMARTS) is 1. The molecule has 1 atom stereocenters. The van der Waals surface area contributed by atoms with Crippen LogP contribution in [0.25, 0.3) is 10.4 Å². The van der Waals surface area contributed by atoms with Gasteiger partial charge in [0.1, 0.15) is 6.04 Å². The lowest BCUT2D eigenvalue weighted by Crippen LogP contribution is -2.41. The molecule has 0 aliphatic rings. The number of amides is 2. The third-order valence-electron chi connectivity index (χ3n) is 6.81. The van der Waals surface area contributed by atoms with Crippen LogP contribution in [0.15, 0.2) is 5.11 Å². The predicted molar refractivity (Wildman–Crippen MR) is 169 cm³/mol. The van der Waals surface area contributed by atoms with E-state index in [1.165, 1.54) is 12.8 Å². The van der Waals surface area contributed by atoms with Crippen molar-refractivity contribution in [2.75, 3.05) is 58.5 Å². The number of aliphatic carboxylic acids is 1. The lowest BCUT2D eigenvalue weighted by atomic mass is 10.0. The fourth-order valence-corrected chi connectivity index (χ4v) is 4.93. The Morgan fingerprint density at radius 3 is 1.71 bits per heavy atom. The zero-order valence-corrected chi connectivity index (χ0v) is 27.5. The second-order valence-electron chi connectivity index (χ2n) is 10.8. The van der Waals surface area contributed by atoms with Gasteiger partial charge in [-0.15, -0.1) is 0 Å². The highest BCUT2D eigenvalue weighted by Gasteiger charge is 2.20. The Kier molecular flexibility index (Phi) is 28.5. The molecule has 0 rings (SSSR count). The van der Waals surface area contributed by atoms with Crippen molar-refractivity contribution in [1.82, 2.24) is 10.6 Å². The van der Waals surface area contributed by atoms with Gasteiger partial charge in [0.2, 0.25) is 11.8 Å². The molecule has 0 aliphatic heterocycles. The van der Waals surface area contributed by atoms with Crippen molar-refractivity contribution >= 4 is 27.9 Å². The van der Waals surface area contributed by atoms with Crippen molar-refractivity contribution in [3.05, 3.63) is 10.4 Å². The number of carboxylic acids is 1. The molecule has 0 saturated heterocycles. The molecule has 0 aliphatic carbocycles. The molecule has 0 spiro atoms. The molecule has 262 valence electrons. The van der Waals surface area contributed by atoms with Gasteiger partial charge >= 0.3 is 5.97 Å². The first-order valence-electron chi connectivity index (χ1n) is 16.1. The quantitative estimate of drug-likeness (QED) is 0.0257. The molecule has 0 aromatic heterocycles. The van der Waals surface area contributed by atoms with Crippen LogP contribution in [0.1, 0.15) is 103 Å². The number of nitrogens with zero attached hydrogens (tertiary/aromatic N) is 3. The standard InChI is InChI=1S/C29H55N5O10S/c30-34-32-18-20-43-22-24-44-23-21-42-19-17-31-27(35)16-15-26(29(37)38)33-28(36)14-12-10-8-6-4-2-1-3-5-7-9-11-13-25-45(39,40)41/h26H,1-25H2,(H,31,35)(H,33,36)(H,37,38)(H,39,40,41). The summed E-state index contributed by atoms with van der Waals surface area (Å²) in [5.74, 6) is -1.96. The summed E-state index contributed by atoms with van der Waals surface area (Å²) in [6.07, 6.45) is 13.1. The largest absolute Gasteiger partial charge is 0.480 e.